The summed E-state index contributed by atoms with van der Waals surface area (Å²) in [5.41, 5.74) is 2.67. The summed E-state index contributed by atoms with van der Waals surface area (Å²) in [5.74, 6) is -0.889. The molecule has 0 aliphatic carbocycles. The molecule has 10 nitrogen and oxygen atoms in total. The molecule has 4 aromatic rings. The molecule has 6 rings (SSSR count). The Morgan fingerprint density at radius 3 is 2.45 bits per heavy atom. The highest BCUT2D eigenvalue weighted by Gasteiger charge is 2.64. The minimum atomic E-state index is -2.84. The van der Waals surface area contributed by atoms with Crippen molar-refractivity contribution in [3.05, 3.63) is 102 Å². The van der Waals surface area contributed by atoms with Crippen LogP contribution in [0.5, 0.6) is 0 Å². The molecule has 228 valence electrons. The molecule has 2 aliphatic heterocycles. The van der Waals surface area contributed by atoms with Crippen LogP contribution in [0.1, 0.15) is 36.1 Å². The summed E-state index contributed by atoms with van der Waals surface area (Å²) >= 11 is 0. The number of benzene rings is 3. The summed E-state index contributed by atoms with van der Waals surface area (Å²) < 4.78 is 8.52. The summed E-state index contributed by atoms with van der Waals surface area (Å²) in [6.07, 6.45) is 2.66. The number of carbonyl (C=O) groups excluding carboxylic acids is 2. The van der Waals surface area contributed by atoms with Crippen LogP contribution < -0.4 is 10.2 Å². The van der Waals surface area contributed by atoms with Crippen LogP contribution in [0, 0.1) is 5.92 Å². The van der Waals surface area contributed by atoms with E-state index in [9.17, 15) is 19.5 Å². The predicted octanol–water partition coefficient (Wildman–Crippen LogP) is 4.54. The van der Waals surface area contributed by atoms with Gasteiger partial charge in [-0.3, -0.25) is 19.2 Å². The highest BCUT2D eigenvalue weighted by molar-refractivity contribution is 6.71. The van der Waals surface area contributed by atoms with Crippen LogP contribution in [0.3, 0.4) is 0 Å². The molecule has 1 saturated heterocycles. The van der Waals surface area contributed by atoms with Gasteiger partial charge >= 0.3 is 0 Å². The number of aryl methyl sites for hydroxylation is 1. The number of ether oxygens (including phenoxy) is 1. The monoisotopic (exact) mass is 611 g/mol. The first-order valence-electron chi connectivity index (χ1n) is 14.9. The first-order chi connectivity index (χ1) is 21.2. The smallest absolute Gasteiger partial charge is 0.261 e. The number of anilines is 3. The average molecular weight is 612 g/mol. The number of hydrogen-bond donors (Lipinski definition) is 3. The van der Waals surface area contributed by atoms with E-state index in [4.69, 9.17) is 4.74 Å². The number of aliphatic hydroxyl groups excluding tert-OH is 1. The zero-order chi connectivity index (χ0) is 31.1. The van der Waals surface area contributed by atoms with Crippen molar-refractivity contribution in [2.24, 2.45) is 5.92 Å². The lowest BCUT2D eigenvalue weighted by molar-refractivity contribution is -0.143. The number of aliphatic hydroxyl groups is 1. The van der Waals surface area contributed by atoms with Crippen LogP contribution in [-0.2, 0) is 26.5 Å². The number of hydrogen-bond acceptors (Lipinski definition) is 7. The summed E-state index contributed by atoms with van der Waals surface area (Å²) in [6.45, 7) is 6.11. The maximum atomic E-state index is 13.8. The Kier molecular flexibility index (Phi) is 7.97. The zero-order valence-corrected chi connectivity index (χ0v) is 26.0. The van der Waals surface area contributed by atoms with Crippen LogP contribution in [0.2, 0.25) is 18.6 Å². The standard InChI is InChI=1S/C33H37N5O5Si/c1-22-31(44(2,3)42)30(16-17-37-19-29(35-36-37)26(20-39)23-10-6-4-7-11-23)43-33(22)27-18-25(14-15-28(27)34-32(33)41)38(21-40)24-12-8-5-9-13-24/h4-15,18-19,21-22,26,30-31,39,42H,16-17,20H2,1-3H3,(H,34,41)/t22-,26?,30+,31-,33+/m0/s1. The molecule has 2 aliphatic rings. The van der Waals surface area contributed by atoms with Crippen LogP contribution in [0.4, 0.5) is 17.1 Å². The molecule has 3 N–H and O–H groups in total. The molecule has 1 unspecified atom stereocenters. The van der Waals surface area contributed by atoms with E-state index in [1.807, 2.05) is 92.9 Å². The molecule has 1 aromatic heterocycles. The maximum absolute atomic E-state index is 13.8. The largest absolute Gasteiger partial charge is 0.432 e. The van der Waals surface area contributed by atoms with Crippen molar-refractivity contribution in [2.75, 3.05) is 16.8 Å². The van der Waals surface area contributed by atoms with Gasteiger partial charge in [-0.1, -0.05) is 60.7 Å². The Labute approximate surface area is 257 Å². The quantitative estimate of drug-likeness (QED) is 0.177. The second kappa shape index (κ2) is 11.7. The molecule has 1 fully saturated rings. The molecule has 1 spiro atoms. The van der Waals surface area contributed by atoms with Crippen molar-refractivity contribution < 1.29 is 24.2 Å². The SMILES string of the molecule is C[C@H]1[C@H]([Si](C)(C)O)[C@@H](CCn2cc(C(CO)c3ccccc3)nn2)O[C@]12C(=O)Nc1ccc(N(C=O)c3ccccc3)cc12. The fraction of sp³-hybridized carbons (Fsp3) is 0.333. The van der Waals surface area contributed by atoms with E-state index < -0.39 is 20.0 Å². The third kappa shape index (κ3) is 5.15. The van der Waals surface area contributed by atoms with E-state index in [2.05, 4.69) is 15.6 Å². The molecule has 0 radical (unpaired) electrons. The Balaban J connectivity index is 1.29. The number of nitrogens with one attached hydrogen (secondary N) is 1. The fourth-order valence-electron chi connectivity index (χ4n) is 7.06. The van der Waals surface area contributed by atoms with Gasteiger partial charge in [0, 0.05) is 46.8 Å². The molecule has 5 atom stereocenters. The van der Waals surface area contributed by atoms with E-state index >= 15 is 0 Å². The lowest BCUT2D eigenvalue weighted by Gasteiger charge is -2.32. The normalized spacial score (nSPS) is 23.4. The Hall–Kier alpha value is -4.16. The second-order valence-corrected chi connectivity index (χ2v) is 16.2. The molecule has 0 saturated carbocycles. The minimum absolute atomic E-state index is 0.0941. The highest BCUT2D eigenvalue weighted by atomic mass is 28.4. The van der Waals surface area contributed by atoms with E-state index in [1.54, 1.807) is 16.8 Å². The Morgan fingerprint density at radius 2 is 1.80 bits per heavy atom. The van der Waals surface area contributed by atoms with Gasteiger partial charge < -0.3 is 20.0 Å². The van der Waals surface area contributed by atoms with Gasteiger partial charge in [-0.25, -0.2) is 0 Å². The van der Waals surface area contributed by atoms with Gasteiger partial charge in [-0.15, -0.1) is 5.10 Å². The topological polar surface area (TPSA) is 130 Å². The van der Waals surface area contributed by atoms with Gasteiger partial charge in [0.1, 0.15) is 0 Å². The van der Waals surface area contributed by atoms with Crippen molar-refractivity contribution in [3.8, 4) is 0 Å². The third-order valence-corrected chi connectivity index (χ3v) is 11.6. The maximum Gasteiger partial charge on any atom is 0.261 e. The first kappa shape index (κ1) is 29.9. The van der Waals surface area contributed by atoms with Crippen LogP contribution in [0.25, 0.3) is 0 Å². The van der Waals surface area contributed by atoms with Gasteiger partial charge in [0.05, 0.1) is 24.3 Å². The average Bonchev–Trinajstić information content (AvgIpc) is 3.68. The molecule has 3 aromatic carbocycles. The third-order valence-electron chi connectivity index (χ3n) is 9.08. The second-order valence-electron chi connectivity index (χ2n) is 12.2. The first-order valence-corrected chi connectivity index (χ1v) is 17.9. The molecule has 44 heavy (non-hydrogen) atoms. The number of amides is 2. The number of rotatable bonds is 10. The summed E-state index contributed by atoms with van der Waals surface area (Å²) in [6, 6.07) is 24.4. The summed E-state index contributed by atoms with van der Waals surface area (Å²) in [4.78, 5) is 39.0. The van der Waals surface area contributed by atoms with Gasteiger partial charge in [-0.2, -0.15) is 0 Å². The molecular weight excluding hydrogens is 574 g/mol. The van der Waals surface area contributed by atoms with Crippen molar-refractivity contribution in [3.63, 3.8) is 0 Å². The van der Waals surface area contributed by atoms with Gasteiger partial charge in [0.15, 0.2) is 13.9 Å². The van der Waals surface area contributed by atoms with Crippen molar-refractivity contribution in [2.45, 2.75) is 56.1 Å². The van der Waals surface area contributed by atoms with Crippen LogP contribution in [-0.4, -0.2) is 58.2 Å². The van der Waals surface area contributed by atoms with Crippen LogP contribution >= 0.6 is 0 Å². The van der Waals surface area contributed by atoms with Crippen LogP contribution in [0.15, 0.2) is 85.1 Å². The molecule has 2 amide bonds. The van der Waals surface area contributed by atoms with E-state index in [-0.39, 0.29) is 29.9 Å². The van der Waals surface area contributed by atoms with Gasteiger partial charge in [0.25, 0.3) is 5.91 Å². The van der Waals surface area contributed by atoms with Crippen molar-refractivity contribution in [1.29, 1.82) is 0 Å². The van der Waals surface area contributed by atoms with E-state index in [0.717, 1.165) is 12.0 Å². The summed E-state index contributed by atoms with van der Waals surface area (Å²) in [7, 11) is -2.84. The fourth-order valence-corrected chi connectivity index (χ4v) is 9.66. The van der Waals surface area contributed by atoms with Gasteiger partial charge in [0.2, 0.25) is 6.41 Å². The number of nitrogens with zero attached hydrogens (tertiary/aromatic N) is 4. The zero-order valence-electron chi connectivity index (χ0n) is 25.0. The Bertz CT molecular complexity index is 1640. The molecule has 0 bridgehead atoms. The van der Waals surface area contributed by atoms with Crippen molar-refractivity contribution >= 4 is 37.7 Å². The summed E-state index contributed by atoms with van der Waals surface area (Å²) in [5, 5.41) is 21.7. The molecule has 11 heteroatoms. The van der Waals surface area contributed by atoms with Gasteiger partial charge in [-0.05, 0) is 55.4 Å². The Morgan fingerprint density at radius 1 is 1.09 bits per heavy atom. The predicted molar refractivity (Wildman–Crippen MR) is 169 cm³/mol. The number of aromatic nitrogens is 3. The lowest BCUT2D eigenvalue weighted by Crippen LogP contribution is -2.43. The van der Waals surface area contributed by atoms with E-state index in [1.165, 1.54) is 4.90 Å². The number of para-hydroxylation sites is 1. The molecular formula is C33H37N5O5Si. The number of carbonyl (C=O) groups is 2. The highest BCUT2D eigenvalue weighted by Crippen LogP contribution is 2.58. The minimum Gasteiger partial charge on any atom is -0.432 e. The molecule has 3 heterocycles. The number of fused-ring (bicyclic) bond motifs is 2. The van der Waals surface area contributed by atoms with Crippen molar-refractivity contribution in [1.82, 2.24) is 15.0 Å². The van der Waals surface area contributed by atoms with E-state index in [0.29, 0.717) is 41.3 Å². The lowest BCUT2D eigenvalue weighted by atomic mass is 9.82.